The minimum Gasteiger partial charge on any atom is -0.325 e. The summed E-state index contributed by atoms with van der Waals surface area (Å²) in [6.45, 7) is 0. The minimum absolute atomic E-state index is 0.165. The Morgan fingerprint density at radius 3 is 2.55 bits per heavy atom. The van der Waals surface area contributed by atoms with Gasteiger partial charge in [-0.3, -0.25) is 4.79 Å². The van der Waals surface area contributed by atoms with Crippen LogP contribution >= 0.6 is 35.0 Å². The largest absolute Gasteiger partial charge is 0.325 e. The molecule has 0 aliphatic rings. The molecule has 2 aromatic carbocycles. The van der Waals surface area contributed by atoms with Crippen LogP contribution in [0.2, 0.25) is 10.0 Å². The molecule has 1 amide bonds. The third-order valence-electron chi connectivity index (χ3n) is 2.71. The molecule has 0 aliphatic carbocycles. The van der Waals surface area contributed by atoms with Crippen molar-refractivity contribution in [1.82, 2.24) is 0 Å². The highest BCUT2D eigenvalue weighted by molar-refractivity contribution is 7.99. The lowest BCUT2D eigenvalue weighted by molar-refractivity contribution is -0.113. The zero-order valence-electron chi connectivity index (χ0n) is 11.2. The van der Waals surface area contributed by atoms with E-state index >= 15 is 0 Å². The van der Waals surface area contributed by atoms with Crippen molar-refractivity contribution in [1.29, 1.82) is 0 Å². The first kappa shape index (κ1) is 17.1. The summed E-state index contributed by atoms with van der Waals surface area (Å²) in [5.41, 5.74) is 1.09. The summed E-state index contributed by atoms with van der Waals surface area (Å²) in [6.07, 6.45) is 0. The molecular weight excluding hydrogens is 351 g/mol. The standard InChI is InChI=1S/C15H11Cl2F2NOS/c16-10-2-1-9(12(17)5-10)7-22-8-15(21)20-11-3-4-13(18)14(19)6-11/h1-6H,7-8H2,(H,20,21). The second-order valence-electron chi connectivity index (χ2n) is 4.41. The molecule has 0 radical (unpaired) electrons. The Bertz CT molecular complexity index is 697. The third-order valence-corrected chi connectivity index (χ3v) is 4.28. The highest BCUT2D eigenvalue weighted by atomic mass is 35.5. The molecule has 0 heterocycles. The Morgan fingerprint density at radius 1 is 1.09 bits per heavy atom. The average Bonchev–Trinajstić information content (AvgIpc) is 2.45. The van der Waals surface area contributed by atoms with E-state index in [0.717, 1.165) is 17.7 Å². The van der Waals surface area contributed by atoms with Gasteiger partial charge in [-0.2, -0.15) is 0 Å². The van der Waals surface area contributed by atoms with E-state index in [1.54, 1.807) is 18.2 Å². The molecule has 0 aliphatic heterocycles. The SMILES string of the molecule is O=C(CSCc1ccc(Cl)cc1Cl)Nc1ccc(F)c(F)c1. The Morgan fingerprint density at radius 2 is 1.86 bits per heavy atom. The maximum absolute atomic E-state index is 13.0. The molecule has 2 nitrogen and oxygen atoms in total. The Kier molecular flexibility index (Phi) is 6.06. The van der Waals surface area contributed by atoms with E-state index in [4.69, 9.17) is 23.2 Å². The predicted molar refractivity (Wildman–Crippen MR) is 87.6 cm³/mol. The highest BCUT2D eigenvalue weighted by Gasteiger charge is 2.07. The Hall–Kier alpha value is -1.30. The second-order valence-corrected chi connectivity index (χ2v) is 6.23. The maximum atomic E-state index is 13.0. The molecule has 0 fully saturated rings. The van der Waals surface area contributed by atoms with Gasteiger partial charge in [0.15, 0.2) is 11.6 Å². The van der Waals surface area contributed by atoms with Crippen LogP contribution in [0.15, 0.2) is 36.4 Å². The molecule has 22 heavy (non-hydrogen) atoms. The summed E-state index contributed by atoms with van der Waals surface area (Å²) in [5.74, 6) is -1.55. The number of rotatable bonds is 5. The number of carbonyl (C=O) groups excluding carboxylic acids is 1. The van der Waals surface area contributed by atoms with Gasteiger partial charge in [0.05, 0.1) is 5.75 Å². The van der Waals surface area contributed by atoms with Crippen molar-refractivity contribution in [3.8, 4) is 0 Å². The van der Waals surface area contributed by atoms with Gasteiger partial charge in [0.25, 0.3) is 0 Å². The summed E-state index contributed by atoms with van der Waals surface area (Å²) in [4.78, 5) is 11.7. The first-order chi connectivity index (χ1) is 10.5. The molecule has 0 bridgehead atoms. The molecule has 2 rings (SSSR count). The lowest BCUT2D eigenvalue weighted by Crippen LogP contribution is -2.14. The molecule has 0 atom stereocenters. The van der Waals surface area contributed by atoms with Crippen molar-refractivity contribution in [2.75, 3.05) is 11.1 Å². The summed E-state index contributed by atoms with van der Waals surface area (Å²) < 4.78 is 25.8. The summed E-state index contributed by atoms with van der Waals surface area (Å²) in [5, 5.41) is 3.59. The van der Waals surface area contributed by atoms with Crippen LogP contribution in [-0.2, 0) is 10.5 Å². The molecule has 7 heteroatoms. The third kappa shape index (κ3) is 4.87. The molecule has 0 saturated carbocycles. The average molecular weight is 362 g/mol. The van der Waals surface area contributed by atoms with Crippen molar-refractivity contribution in [3.63, 3.8) is 0 Å². The number of halogens is 4. The molecule has 2 aromatic rings. The quantitative estimate of drug-likeness (QED) is 0.798. The minimum atomic E-state index is -1.00. The van der Waals surface area contributed by atoms with Gasteiger partial charge in [0.2, 0.25) is 5.91 Å². The van der Waals surface area contributed by atoms with Crippen molar-refractivity contribution in [2.45, 2.75) is 5.75 Å². The van der Waals surface area contributed by atoms with Crippen LogP contribution in [0.3, 0.4) is 0 Å². The zero-order chi connectivity index (χ0) is 16.1. The topological polar surface area (TPSA) is 29.1 Å². The number of hydrogen-bond donors (Lipinski definition) is 1. The number of thioether (sulfide) groups is 1. The molecule has 116 valence electrons. The number of amides is 1. The van der Waals surface area contributed by atoms with Crippen molar-refractivity contribution < 1.29 is 13.6 Å². The van der Waals surface area contributed by atoms with E-state index in [-0.39, 0.29) is 17.3 Å². The number of benzene rings is 2. The fourth-order valence-electron chi connectivity index (χ4n) is 1.66. The summed E-state index contributed by atoms with van der Waals surface area (Å²) in [6, 6.07) is 8.37. The van der Waals surface area contributed by atoms with Gasteiger partial charge in [0, 0.05) is 27.6 Å². The second kappa shape index (κ2) is 7.81. The van der Waals surface area contributed by atoms with E-state index in [9.17, 15) is 13.6 Å². The van der Waals surface area contributed by atoms with E-state index in [2.05, 4.69) is 5.32 Å². The van der Waals surface area contributed by atoms with E-state index < -0.39 is 11.6 Å². The summed E-state index contributed by atoms with van der Waals surface area (Å²) >= 11 is 13.2. The number of anilines is 1. The van der Waals surface area contributed by atoms with Crippen LogP contribution in [0.4, 0.5) is 14.5 Å². The van der Waals surface area contributed by atoms with Gasteiger partial charge in [-0.05, 0) is 29.8 Å². The highest BCUT2D eigenvalue weighted by Crippen LogP contribution is 2.24. The van der Waals surface area contributed by atoms with Gasteiger partial charge < -0.3 is 5.32 Å². The molecule has 1 N–H and O–H groups in total. The zero-order valence-corrected chi connectivity index (χ0v) is 13.5. The van der Waals surface area contributed by atoms with Crippen LogP contribution in [0.5, 0.6) is 0 Å². The monoisotopic (exact) mass is 361 g/mol. The Balaban J connectivity index is 1.83. The predicted octanol–water partition coefficient (Wildman–Crippen LogP) is 5.14. The summed E-state index contributed by atoms with van der Waals surface area (Å²) in [7, 11) is 0. The van der Waals surface area contributed by atoms with Crippen LogP contribution in [0, 0.1) is 11.6 Å². The van der Waals surface area contributed by atoms with Crippen LogP contribution in [-0.4, -0.2) is 11.7 Å². The van der Waals surface area contributed by atoms with Crippen molar-refractivity contribution >= 4 is 46.6 Å². The molecule has 0 spiro atoms. The number of nitrogens with one attached hydrogen (secondary N) is 1. The lowest BCUT2D eigenvalue weighted by atomic mass is 10.2. The van der Waals surface area contributed by atoms with Gasteiger partial charge in [-0.1, -0.05) is 29.3 Å². The van der Waals surface area contributed by atoms with E-state index in [0.29, 0.717) is 15.8 Å². The van der Waals surface area contributed by atoms with Crippen molar-refractivity contribution in [3.05, 3.63) is 63.6 Å². The first-order valence-corrected chi connectivity index (χ1v) is 8.13. The first-order valence-electron chi connectivity index (χ1n) is 6.22. The molecular formula is C15H11Cl2F2NOS. The fraction of sp³-hybridized carbons (Fsp3) is 0.133. The van der Waals surface area contributed by atoms with Crippen LogP contribution in [0.1, 0.15) is 5.56 Å². The van der Waals surface area contributed by atoms with Gasteiger partial charge in [0.1, 0.15) is 0 Å². The van der Waals surface area contributed by atoms with Crippen LogP contribution < -0.4 is 5.32 Å². The fourth-order valence-corrected chi connectivity index (χ4v) is 3.05. The van der Waals surface area contributed by atoms with E-state index in [1.165, 1.54) is 17.8 Å². The maximum Gasteiger partial charge on any atom is 0.234 e. The normalized spacial score (nSPS) is 10.5. The smallest absolute Gasteiger partial charge is 0.234 e. The van der Waals surface area contributed by atoms with Crippen molar-refractivity contribution in [2.24, 2.45) is 0 Å². The number of hydrogen-bond acceptors (Lipinski definition) is 2. The lowest BCUT2D eigenvalue weighted by Gasteiger charge is -2.07. The molecule has 0 unspecified atom stereocenters. The van der Waals surface area contributed by atoms with Gasteiger partial charge in [-0.25, -0.2) is 8.78 Å². The van der Waals surface area contributed by atoms with Crippen LogP contribution in [0.25, 0.3) is 0 Å². The molecule has 0 aromatic heterocycles. The Labute approximate surface area is 140 Å². The van der Waals surface area contributed by atoms with Gasteiger partial charge in [-0.15, -0.1) is 11.8 Å². The van der Waals surface area contributed by atoms with Gasteiger partial charge >= 0.3 is 0 Å². The van der Waals surface area contributed by atoms with E-state index in [1.807, 2.05) is 0 Å². The molecule has 0 saturated heterocycles. The number of carbonyl (C=O) groups is 1.